The van der Waals surface area contributed by atoms with Crippen LogP contribution in [0.3, 0.4) is 0 Å². The molecule has 0 atom stereocenters. The molecule has 5 heteroatoms. The van der Waals surface area contributed by atoms with Crippen LogP contribution in [0.15, 0.2) is 42.5 Å². The molecule has 98 valence electrons. The van der Waals surface area contributed by atoms with Crippen LogP contribution in [0.5, 0.6) is 17.2 Å². The van der Waals surface area contributed by atoms with E-state index in [0.717, 1.165) is 0 Å². The van der Waals surface area contributed by atoms with Crippen molar-refractivity contribution in [2.24, 2.45) is 0 Å². The standard InChI is InChI=1S/C14H12O5/c15-11-3-5-12(6-4-11)19-8-10-2-1-9(14(17)18)7-13(10)16/h1-7,15-16H,8H2,(H,17,18). The van der Waals surface area contributed by atoms with Gasteiger partial charge in [0, 0.05) is 5.56 Å². The number of ether oxygens (including phenoxy) is 1. The van der Waals surface area contributed by atoms with E-state index in [2.05, 4.69) is 0 Å². The van der Waals surface area contributed by atoms with Crippen LogP contribution in [0.2, 0.25) is 0 Å². The first-order valence-corrected chi connectivity index (χ1v) is 5.53. The number of carboxylic acids is 1. The van der Waals surface area contributed by atoms with Crippen LogP contribution in [0, 0.1) is 0 Å². The molecule has 0 heterocycles. The Labute approximate surface area is 109 Å². The molecule has 2 aromatic carbocycles. The van der Waals surface area contributed by atoms with Gasteiger partial charge in [0.05, 0.1) is 5.56 Å². The number of hydrogen-bond donors (Lipinski definition) is 3. The second-order valence-electron chi connectivity index (χ2n) is 3.93. The third-order valence-electron chi connectivity index (χ3n) is 2.56. The van der Waals surface area contributed by atoms with Gasteiger partial charge in [0.1, 0.15) is 23.9 Å². The molecular formula is C14H12O5. The van der Waals surface area contributed by atoms with Crippen molar-refractivity contribution in [3.8, 4) is 17.2 Å². The van der Waals surface area contributed by atoms with E-state index in [1.807, 2.05) is 0 Å². The fourth-order valence-corrected chi connectivity index (χ4v) is 1.52. The van der Waals surface area contributed by atoms with Crippen LogP contribution >= 0.6 is 0 Å². The van der Waals surface area contributed by atoms with Crippen LogP contribution < -0.4 is 4.74 Å². The number of benzene rings is 2. The number of aromatic hydroxyl groups is 2. The van der Waals surface area contributed by atoms with E-state index in [4.69, 9.17) is 14.9 Å². The van der Waals surface area contributed by atoms with E-state index in [0.29, 0.717) is 11.3 Å². The van der Waals surface area contributed by atoms with Gasteiger partial charge in [-0.25, -0.2) is 4.79 Å². The molecule has 0 aromatic heterocycles. The topological polar surface area (TPSA) is 87.0 Å². The molecule has 0 aliphatic heterocycles. The molecule has 0 unspecified atom stereocenters. The second-order valence-corrected chi connectivity index (χ2v) is 3.93. The molecule has 0 amide bonds. The number of aromatic carboxylic acids is 1. The largest absolute Gasteiger partial charge is 0.508 e. The zero-order valence-electron chi connectivity index (χ0n) is 9.91. The normalized spacial score (nSPS) is 10.1. The van der Waals surface area contributed by atoms with Gasteiger partial charge < -0.3 is 20.1 Å². The molecule has 0 fully saturated rings. The lowest BCUT2D eigenvalue weighted by Gasteiger charge is -2.08. The SMILES string of the molecule is O=C(O)c1ccc(COc2ccc(O)cc2)c(O)c1. The van der Waals surface area contributed by atoms with Crippen molar-refractivity contribution in [2.45, 2.75) is 6.61 Å². The van der Waals surface area contributed by atoms with Crippen LogP contribution in [0.1, 0.15) is 15.9 Å². The average molecular weight is 260 g/mol. The summed E-state index contributed by atoms with van der Waals surface area (Å²) in [6.45, 7) is 0.108. The van der Waals surface area contributed by atoms with Gasteiger partial charge in [-0.3, -0.25) is 0 Å². The highest BCUT2D eigenvalue weighted by atomic mass is 16.5. The second kappa shape index (κ2) is 5.30. The Morgan fingerprint density at radius 1 is 1.05 bits per heavy atom. The van der Waals surface area contributed by atoms with Crippen molar-refractivity contribution in [3.05, 3.63) is 53.6 Å². The Morgan fingerprint density at radius 3 is 2.32 bits per heavy atom. The van der Waals surface area contributed by atoms with E-state index < -0.39 is 5.97 Å². The van der Waals surface area contributed by atoms with Crippen LogP contribution in [-0.2, 0) is 6.61 Å². The fourth-order valence-electron chi connectivity index (χ4n) is 1.52. The maximum Gasteiger partial charge on any atom is 0.335 e. The third kappa shape index (κ3) is 3.16. The maximum absolute atomic E-state index is 10.7. The quantitative estimate of drug-likeness (QED) is 0.785. The van der Waals surface area contributed by atoms with Crippen molar-refractivity contribution >= 4 is 5.97 Å². The minimum atomic E-state index is -1.10. The fraction of sp³-hybridized carbons (Fsp3) is 0.0714. The minimum absolute atomic E-state index is 0.0193. The summed E-state index contributed by atoms with van der Waals surface area (Å²) in [5, 5.41) is 27.6. The number of carbonyl (C=O) groups is 1. The summed E-state index contributed by atoms with van der Waals surface area (Å²) >= 11 is 0. The van der Waals surface area contributed by atoms with Gasteiger partial charge in [0.25, 0.3) is 0 Å². The van der Waals surface area contributed by atoms with E-state index in [-0.39, 0.29) is 23.7 Å². The monoisotopic (exact) mass is 260 g/mol. The van der Waals surface area contributed by atoms with Gasteiger partial charge in [-0.05, 0) is 36.4 Å². The minimum Gasteiger partial charge on any atom is -0.508 e. The Bertz CT molecular complexity index is 589. The molecule has 0 bridgehead atoms. The molecule has 3 N–H and O–H groups in total. The van der Waals surface area contributed by atoms with E-state index in [1.165, 1.54) is 30.3 Å². The van der Waals surface area contributed by atoms with Gasteiger partial charge in [0.15, 0.2) is 0 Å². The summed E-state index contributed by atoms with van der Waals surface area (Å²) in [6.07, 6.45) is 0. The Kier molecular flexibility index (Phi) is 3.56. The molecule has 19 heavy (non-hydrogen) atoms. The lowest BCUT2D eigenvalue weighted by Crippen LogP contribution is -1.99. The number of rotatable bonds is 4. The lowest BCUT2D eigenvalue weighted by atomic mass is 10.1. The summed E-state index contributed by atoms with van der Waals surface area (Å²) in [4.78, 5) is 10.7. The molecule has 0 saturated carbocycles. The van der Waals surface area contributed by atoms with Gasteiger partial charge in [-0.2, -0.15) is 0 Å². The molecule has 5 nitrogen and oxygen atoms in total. The highest BCUT2D eigenvalue weighted by Gasteiger charge is 2.08. The molecule has 2 aromatic rings. The Morgan fingerprint density at radius 2 is 1.74 bits per heavy atom. The van der Waals surface area contributed by atoms with E-state index in [9.17, 15) is 9.90 Å². The summed E-state index contributed by atoms with van der Waals surface area (Å²) in [5.74, 6) is -0.541. The molecule has 2 rings (SSSR count). The van der Waals surface area contributed by atoms with Gasteiger partial charge in [0.2, 0.25) is 0 Å². The first kappa shape index (κ1) is 12.8. The van der Waals surface area contributed by atoms with Crippen molar-refractivity contribution in [1.82, 2.24) is 0 Å². The first-order valence-electron chi connectivity index (χ1n) is 5.53. The van der Waals surface area contributed by atoms with Crippen molar-refractivity contribution in [1.29, 1.82) is 0 Å². The number of hydrogen-bond acceptors (Lipinski definition) is 4. The zero-order chi connectivity index (χ0) is 13.8. The molecule has 0 spiro atoms. The predicted octanol–water partition coefficient (Wildman–Crippen LogP) is 2.38. The predicted molar refractivity (Wildman–Crippen MR) is 67.5 cm³/mol. The summed E-state index contributed by atoms with van der Waals surface area (Å²) in [6, 6.07) is 10.2. The number of phenols is 2. The zero-order valence-corrected chi connectivity index (χ0v) is 9.91. The smallest absolute Gasteiger partial charge is 0.335 e. The van der Waals surface area contributed by atoms with Crippen molar-refractivity contribution in [3.63, 3.8) is 0 Å². The van der Waals surface area contributed by atoms with Gasteiger partial charge in [-0.1, -0.05) is 6.07 Å². The maximum atomic E-state index is 10.7. The van der Waals surface area contributed by atoms with Crippen molar-refractivity contribution < 1.29 is 24.9 Å². The molecule has 0 aliphatic rings. The highest BCUT2D eigenvalue weighted by molar-refractivity contribution is 5.88. The van der Waals surface area contributed by atoms with Crippen molar-refractivity contribution in [2.75, 3.05) is 0 Å². The summed E-state index contributed by atoms with van der Waals surface area (Å²) < 4.78 is 5.41. The molecule has 0 saturated heterocycles. The number of carboxylic acid groups (broad SMARTS) is 1. The Hall–Kier alpha value is -2.69. The Balaban J connectivity index is 2.07. The van der Waals surface area contributed by atoms with Crippen LogP contribution in [0.25, 0.3) is 0 Å². The van der Waals surface area contributed by atoms with Crippen LogP contribution in [-0.4, -0.2) is 21.3 Å². The molecular weight excluding hydrogens is 248 g/mol. The van der Waals surface area contributed by atoms with E-state index >= 15 is 0 Å². The summed E-state index contributed by atoms with van der Waals surface area (Å²) in [5.41, 5.74) is 0.504. The third-order valence-corrected chi connectivity index (χ3v) is 2.56. The average Bonchev–Trinajstić information content (AvgIpc) is 2.39. The summed E-state index contributed by atoms with van der Waals surface area (Å²) in [7, 11) is 0. The molecule has 0 radical (unpaired) electrons. The van der Waals surface area contributed by atoms with Gasteiger partial charge >= 0.3 is 5.97 Å². The molecule has 0 aliphatic carbocycles. The first-order chi connectivity index (χ1) is 9.06. The van der Waals surface area contributed by atoms with Crippen LogP contribution in [0.4, 0.5) is 0 Å². The number of phenolic OH excluding ortho intramolecular Hbond substituents is 2. The highest BCUT2D eigenvalue weighted by Crippen LogP contribution is 2.22. The lowest BCUT2D eigenvalue weighted by molar-refractivity contribution is 0.0696. The van der Waals surface area contributed by atoms with Gasteiger partial charge in [-0.15, -0.1) is 0 Å². The van der Waals surface area contributed by atoms with E-state index in [1.54, 1.807) is 12.1 Å².